The standard InChI is InChI=1S/C28H22/c1-2-8-21-18-22(13-12-19(21)6-1)24-10-5-11-25-27(24)17-16-26-23-9-4-3-7-20(23)14-15-28(25)26/h1-4,6-9,12-18,24H,5,10-11H2. The second kappa shape index (κ2) is 6.21. The molecule has 1 atom stereocenters. The Morgan fingerprint density at radius 2 is 1.32 bits per heavy atom. The predicted octanol–water partition coefficient (Wildman–Crippen LogP) is 7.61. The molecule has 5 aromatic rings. The molecule has 0 radical (unpaired) electrons. The molecule has 0 saturated heterocycles. The molecule has 1 unspecified atom stereocenters. The summed E-state index contributed by atoms with van der Waals surface area (Å²) in [6.45, 7) is 0. The lowest BCUT2D eigenvalue weighted by Crippen LogP contribution is -2.11. The third-order valence-corrected chi connectivity index (χ3v) is 6.54. The van der Waals surface area contributed by atoms with Crippen molar-refractivity contribution < 1.29 is 0 Å². The van der Waals surface area contributed by atoms with Crippen LogP contribution in [0.15, 0.2) is 91.0 Å². The number of benzene rings is 5. The lowest BCUT2D eigenvalue weighted by atomic mass is 9.76. The number of fused-ring (bicyclic) bond motifs is 6. The average Bonchev–Trinajstić information content (AvgIpc) is 2.78. The Hall–Kier alpha value is -3.12. The van der Waals surface area contributed by atoms with E-state index in [0.717, 1.165) is 0 Å². The topological polar surface area (TPSA) is 0 Å². The lowest BCUT2D eigenvalue weighted by Gasteiger charge is -2.28. The van der Waals surface area contributed by atoms with Crippen LogP contribution in [0, 0.1) is 0 Å². The fourth-order valence-corrected chi connectivity index (χ4v) is 5.18. The Balaban J connectivity index is 1.56. The van der Waals surface area contributed by atoms with E-state index in [1.807, 2.05) is 0 Å². The molecule has 1 aliphatic rings. The van der Waals surface area contributed by atoms with Crippen LogP contribution in [0.5, 0.6) is 0 Å². The van der Waals surface area contributed by atoms with Gasteiger partial charge < -0.3 is 0 Å². The molecule has 0 bridgehead atoms. The van der Waals surface area contributed by atoms with Crippen LogP contribution in [0.25, 0.3) is 32.3 Å². The number of hydrogen-bond acceptors (Lipinski definition) is 0. The predicted molar refractivity (Wildman–Crippen MR) is 120 cm³/mol. The highest BCUT2D eigenvalue weighted by atomic mass is 14.3. The molecule has 0 amide bonds. The summed E-state index contributed by atoms with van der Waals surface area (Å²) in [5, 5.41) is 8.22. The van der Waals surface area contributed by atoms with Gasteiger partial charge in [-0.25, -0.2) is 0 Å². The minimum absolute atomic E-state index is 0.504. The Labute approximate surface area is 165 Å². The molecule has 0 nitrogen and oxygen atoms in total. The van der Waals surface area contributed by atoms with Crippen molar-refractivity contribution in [1.29, 1.82) is 0 Å². The summed E-state index contributed by atoms with van der Waals surface area (Å²) < 4.78 is 0. The van der Waals surface area contributed by atoms with Crippen LogP contribution in [0.2, 0.25) is 0 Å². The monoisotopic (exact) mass is 358 g/mol. The van der Waals surface area contributed by atoms with Gasteiger partial charge in [0.1, 0.15) is 0 Å². The maximum Gasteiger partial charge on any atom is 0.00926 e. The summed E-state index contributed by atoms with van der Waals surface area (Å²) in [5.74, 6) is 0.504. The fraction of sp³-hybridized carbons (Fsp3) is 0.143. The highest BCUT2D eigenvalue weighted by Crippen LogP contribution is 2.41. The number of aryl methyl sites for hydroxylation is 1. The van der Waals surface area contributed by atoms with E-state index in [4.69, 9.17) is 0 Å². The molecule has 0 fully saturated rings. The summed E-state index contributed by atoms with van der Waals surface area (Å²) in [4.78, 5) is 0. The molecule has 0 N–H and O–H groups in total. The van der Waals surface area contributed by atoms with E-state index in [1.54, 1.807) is 5.56 Å². The Morgan fingerprint density at radius 1 is 0.571 bits per heavy atom. The van der Waals surface area contributed by atoms with E-state index < -0.39 is 0 Å². The molecule has 0 heteroatoms. The smallest absolute Gasteiger partial charge is 0.00926 e. The summed E-state index contributed by atoms with van der Waals surface area (Å²) in [5.41, 5.74) is 4.55. The first-order chi connectivity index (χ1) is 13.9. The molecule has 0 spiro atoms. The zero-order valence-corrected chi connectivity index (χ0v) is 15.9. The highest BCUT2D eigenvalue weighted by Gasteiger charge is 2.23. The van der Waals surface area contributed by atoms with Crippen LogP contribution in [0.3, 0.4) is 0 Å². The molecule has 28 heavy (non-hydrogen) atoms. The van der Waals surface area contributed by atoms with Gasteiger partial charge >= 0.3 is 0 Å². The van der Waals surface area contributed by atoms with Crippen LogP contribution in [0.1, 0.15) is 35.4 Å². The molecule has 6 rings (SSSR count). The van der Waals surface area contributed by atoms with Crippen molar-refractivity contribution >= 4 is 32.3 Å². The molecule has 1 aliphatic carbocycles. The molecule has 0 aromatic heterocycles. The summed E-state index contributed by atoms with van der Waals surface area (Å²) in [6.07, 6.45) is 3.69. The maximum absolute atomic E-state index is 2.41. The van der Waals surface area contributed by atoms with E-state index in [1.165, 1.54) is 62.7 Å². The zero-order valence-electron chi connectivity index (χ0n) is 15.9. The molecular formula is C28H22. The molecular weight excluding hydrogens is 336 g/mol. The summed E-state index contributed by atoms with van der Waals surface area (Å²) in [7, 11) is 0. The first kappa shape index (κ1) is 15.9. The maximum atomic E-state index is 2.41. The lowest BCUT2D eigenvalue weighted by molar-refractivity contribution is 0.620. The third-order valence-electron chi connectivity index (χ3n) is 6.54. The van der Waals surface area contributed by atoms with Gasteiger partial charge in [0.25, 0.3) is 0 Å². The van der Waals surface area contributed by atoms with Gasteiger partial charge in [0, 0.05) is 5.92 Å². The van der Waals surface area contributed by atoms with E-state index in [9.17, 15) is 0 Å². The van der Waals surface area contributed by atoms with Gasteiger partial charge in [0.15, 0.2) is 0 Å². The van der Waals surface area contributed by atoms with Gasteiger partial charge in [-0.2, -0.15) is 0 Å². The minimum atomic E-state index is 0.504. The Bertz CT molecular complexity index is 1340. The van der Waals surface area contributed by atoms with E-state index in [0.29, 0.717) is 5.92 Å². The van der Waals surface area contributed by atoms with Gasteiger partial charge in [0.2, 0.25) is 0 Å². The van der Waals surface area contributed by atoms with Crippen molar-refractivity contribution in [3.05, 3.63) is 108 Å². The van der Waals surface area contributed by atoms with Gasteiger partial charge in [-0.05, 0) is 68.3 Å². The van der Waals surface area contributed by atoms with Crippen molar-refractivity contribution in [2.75, 3.05) is 0 Å². The molecule has 134 valence electrons. The van der Waals surface area contributed by atoms with E-state index >= 15 is 0 Å². The third kappa shape index (κ3) is 2.38. The van der Waals surface area contributed by atoms with Gasteiger partial charge in [-0.3, -0.25) is 0 Å². The van der Waals surface area contributed by atoms with Crippen molar-refractivity contribution in [3.8, 4) is 0 Å². The Morgan fingerprint density at radius 3 is 2.25 bits per heavy atom. The first-order valence-corrected chi connectivity index (χ1v) is 10.3. The average molecular weight is 358 g/mol. The van der Waals surface area contributed by atoms with Gasteiger partial charge in [-0.1, -0.05) is 91.0 Å². The molecule has 0 heterocycles. The van der Waals surface area contributed by atoms with Gasteiger partial charge in [-0.15, -0.1) is 0 Å². The largest absolute Gasteiger partial charge is 0.0616 e. The molecule has 5 aromatic carbocycles. The van der Waals surface area contributed by atoms with Crippen LogP contribution in [0.4, 0.5) is 0 Å². The highest BCUT2D eigenvalue weighted by molar-refractivity contribution is 6.08. The SMILES string of the molecule is c1ccc2cc(C3CCCc4c3ccc3c4ccc4ccccc43)ccc2c1. The van der Waals surface area contributed by atoms with Crippen molar-refractivity contribution in [2.24, 2.45) is 0 Å². The number of hydrogen-bond donors (Lipinski definition) is 0. The minimum Gasteiger partial charge on any atom is -0.0616 e. The van der Waals surface area contributed by atoms with Crippen LogP contribution >= 0.6 is 0 Å². The van der Waals surface area contributed by atoms with Crippen LogP contribution < -0.4 is 0 Å². The first-order valence-electron chi connectivity index (χ1n) is 10.3. The van der Waals surface area contributed by atoms with E-state index in [2.05, 4.69) is 91.0 Å². The van der Waals surface area contributed by atoms with Crippen LogP contribution in [-0.4, -0.2) is 0 Å². The van der Waals surface area contributed by atoms with Crippen molar-refractivity contribution in [3.63, 3.8) is 0 Å². The van der Waals surface area contributed by atoms with Crippen molar-refractivity contribution in [1.82, 2.24) is 0 Å². The normalized spacial score (nSPS) is 16.5. The van der Waals surface area contributed by atoms with Gasteiger partial charge in [0.05, 0.1) is 0 Å². The second-order valence-electron chi connectivity index (χ2n) is 8.07. The Kier molecular flexibility index (Phi) is 3.52. The molecule has 0 saturated carbocycles. The quantitative estimate of drug-likeness (QED) is 0.270. The second-order valence-corrected chi connectivity index (χ2v) is 8.07. The summed E-state index contributed by atoms with van der Waals surface area (Å²) >= 11 is 0. The molecule has 0 aliphatic heterocycles. The van der Waals surface area contributed by atoms with Crippen molar-refractivity contribution in [2.45, 2.75) is 25.2 Å². The summed E-state index contributed by atoms with van der Waals surface area (Å²) in [6, 6.07) is 33.9. The van der Waals surface area contributed by atoms with Crippen LogP contribution in [-0.2, 0) is 6.42 Å². The van der Waals surface area contributed by atoms with E-state index in [-0.39, 0.29) is 0 Å². The zero-order chi connectivity index (χ0) is 18.5. The number of rotatable bonds is 1. The fourth-order valence-electron chi connectivity index (χ4n) is 5.18.